The van der Waals surface area contributed by atoms with Gasteiger partial charge in [-0.3, -0.25) is 4.79 Å². The van der Waals surface area contributed by atoms with Crippen molar-refractivity contribution >= 4 is 12.1 Å². The number of rotatable bonds is 9. The van der Waals surface area contributed by atoms with Gasteiger partial charge in [0.15, 0.2) is 6.61 Å². The summed E-state index contributed by atoms with van der Waals surface area (Å²) in [6.45, 7) is 0.737. The number of amides is 1. The zero-order chi connectivity index (χ0) is 19.6. The van der Waals surface area contributed by atoms with Crippen LogP contribution in [0, 0.1) is 0 Å². The molecule has 0 saturated carbocycles. The molecular weight excluding hydrogens is 354 g/mol. The van der Waals surface area contributed by atoms with E-state index in [1.165, 1.54) is 17.8 Å². The number of para-hydroxylation sites is 1. The van der Waals surface area contributed by atoms with Crippen LogP contribution in [0.1, 0.15) is 36.6 Å². The number of alkyl halides is 2. The Morgan fingerprint density at radius 1 is 1.19 bits per heavy atom. The fourth-order valence-corrected chi connectivity index (χ4v) is 2.39. The molecule has 0 aromatic heterocycles. The lowest BCUT2D eigenvalue weighted by Crippen LogP contribution is -2.29. The van der Waals surface area contributed by atoms with E-state index < -0.39 is 6.61 Å². The number of hydrogen-bond donors (Lipinski definition) is 1. The first-order valence-electron chi connectivity index (χ1n) is 8.57. The lowest BCUT2D eigenvalue weighted by molar-refractivity contribution is -0.126. The van der Waals surface area contributed by atoms with Crippen LogP contribution in [0.15, 0.2) is 53.7 Å². The first-order valence-corrected chi connectivity index (χ1v) is 8.57. The van der Waals surface area contributed by atoms with Gasteiger partial charge in [-0.25, -0.2) is 0 Å². The smallest absolute Gasteiger partial charge is 0.387 e. The maximum Gasteiger partial charge on any atom is 0.387 e. The molecule has 0 aliphatic carbocycles. The van der Waals surface area contributed by atoms with Crippen molar-refractivity contribution in [3.63, 3.8) is 0 Å². The number of halogens is 2. The van der Waals surface area contributed by atoms with E-state index in [1.54, 1.807) is 18.2 Å². The summed E-state index contributed by atoms with van der Waals surface area (Å²) in [4.78, 5) is 16.9. The molecule has 0 fully saturated rings. The molecule has 0 aliphatic heterocycles. The van der Waals surface area contributed by atoms with Gasteiger partial charge in [0.1, 0.15) is 5.75 Å². The van der Waals surface area contributed by atoms with Gasteiger partial charge in [0.2, 0.25) is 0 Å². The van der Waals surface area contributed by atoms with E-state index in [-0.39, 0.29) is 24.3 Å². The van der Waals surface area contributed by atoms with Crippen molar-refractivity contribution in [1.29, 1.82) is 0 Å². The Balaban J connectivity index is 1.82. The van der Waals surface area contributed by atoms with Crippen LogP contribution in [0.5, 0.6) is 5.75 Å². The molecule has 1 unspecified atom stereocenters. The van der Waals surface area contributed by atoms with Gasteiger partial charge in [0.05, 0.1) is 12.3 Å². The third kappa shape index (κ3) is 6.69. The summed E-state index contributed by atoms with van der Waals surface area (Å²) in [5, 5.41) is 6.45. The number of carbonyl (C=O) groups excluding carboxylic acids is 1. The highest BCUT2D eigenvalue weighted by atomic mass is 19.3. The van der Waals surface area contributed by atoms with Gasteiger partial charge >= 0.3 is 6.61 Å². The lowest BCUT2D eigenvalue weighted by Gasteiger charge is -2.14. The number of nitrogens with zero attached hydrogens (tertiary/aromatic N) is 1. The van der Waals surface area contributed by atoms with Crippen LogP contribution in [0.2, 0.25) is 0 Å². The third-order valence-electron chi connectivity index (χ3n) is 3.86. The Morgan fingerprint density at radius 3 is 2.56 bits per heavy atom. The molecule has 0 spiro atoms. The molecule has 5 nitrogen and oxygen atoms in total. The average molecular weight is 376 g/mol. The number of carbonyl (C=O) groups is 1. The number of nitrogens with one attached hydrogen (secondary N) is 1. The highest BCUT2D eigenvalue weighted by molar-refractivity contribution is 5.83. The van der Waals surface area contributed by atoms with E-state index in [9.17, 15) is 13.6 Å². The molecule has 27 heavy (non-hydrogen) atoms. The Hall–Kier alpha value is -2.96. The van der Waals surface area contributed by atoms with E-state index >= 15 is 0 Å². The molecule has 1 amide bonds. The summed E-state index contributed by atoms with van der Waals surface area (Å²) in [6, 6.07) is 14.0. The normalized spacial score (nSPS) is 12.2. The molecule has 1 N–H and O–H groups in total. The van der Waals surface area contributed by atoms with Gasteiger partial charge in [-0.05, 0) is 36.6 Å². The molecule has 2 aromatic rings. The zero-order valence-corrected chi connectivity index (χ0v) is 15.2. The number of oxime groups is 1. The largest absolute Gasteiger partial charge is 0.434 e. The lowest BCUT2D eigenvalue weighted by atomic mass is 10.1. The van der Waals surface area contributed by atoms with Crippen LogP contribution in [0.4, 0.5) is 8.78 Å². The summed E-state index contributed by atoms with van der Waals surface area (Å²) in [5.41, 5.74) is 2.54. The second kappa shape index (κ2) is 10.3. The van der Waals surface area contributed by atoms with E-state index in [2.05, 4.69) is 22.1 Å². The van der Waals surface area contributed by atoms with Gasteiger partial charge in [-0.1, -0.05) is 48.5 Å². The van der Waals surface area contributed by atoms with Crippen LogP contribution < -0.4 is 10.1 Å². The van der Waals surface area contributed by atoms with Crippen molar-refractivity contribution in [2.45, 2.75) is 32.9 Å². The van der Waals surface area contributed by atoms with Crippen LogP contribution in [0.3, 0.4) is 0 Å². The molecule has 2 rings (SSSR count). The fraction of sp³-hybridized carbons (Fsp3) is 0.300. The molecule has 0 radical (unpaired) electrons. The Labute approximate surface area is 157 Å². The summed E-state index contributed by atoms with van der Waals surface area (Å²) >= 11 is 0. The van der Waals surface area contributed by atoms with Crippen molar-refractivity contribution in [3.05, 3.63) is 65.2 Å². The highest BCUT2D eigenvalue weighted by Crippen LogP contribution is 2.18. The first-order chi connectivity index (χ1) is 13.0. The molecule has 0 aliphatic rings. The molecular formula is C20H22F2N2O3. The molecule has 0 bridgehead atoms. The van der Waals surface area contributed by atoms with E-state index in [0.29, 0.717) is 5.56 Å². The predicted molar refractivity (Wildman–Crippen MR) is 99.0 cm³/mol. The van der Waals surface area contributed by atoms with Crippen LogP contribution in [-0.2, 0) is 16.1 Å². The van der Waals surface area contributed by atoms with Crippen molar-refractivity contribution in [3.8, 4) is 5.75 Å². The van der Waals surface area contributed by atoms with Crippen molar-refractivity contribution < 1.29 is 23.1 Å². The quantitative estimate of drug-likeness (QED) is 0.530. The average Bonchev–Trinajstić information content (AvgIpc) is 2.66. The fourth-order valence-electron chi connectivity index (χ4n) is 2.39. The second-order valence-corrected chi connectivity index (χ2v) is 5.81. The monoisotopic (exact) mass is 376 g/mol. The first kappa shape index (κ1) is 20.4. The van der Waals surface area contributed by atoms with Crippen molar-refractivity contribution in [1.82, 2.24) is 5.32 Å². The molecule has 1 atom stereocenters. The Bertz CT molecular complexity index is 764. The van der Waals surface area contributed by atoms with E-state index in [1.807, 2.05) is 31.2 Å². The standard InChI is InChI=1S/C20H22F2N2O3/c1-3-15-8-10-16(11-9-15)14(2)24-19(25)13-26-23-12-17-6-4-5-7-18(17)27-20(21)22/h4-12,14,20H,3,13H2,1-2H3,(H,24,25)/b23-12+. The van der Waals surface area contributed by atoms with E-state index in [0.717, 1.165) is 12.0 Å². The number of hydrogen-bond acceptors (Lipinski definition) is 4. The van der Waals surface area contributed by atoms with Crippen LogP contribution in [0.25, 0.3) is 0 Å². The third-order valence-corrected chi connectivity index (χ3v) is 3.86. The van der Waals surface area contributed by atoms with Gasteiger partial charge in [-0.2, -0.15) is 8.78 Å². The number of aryl methyl sites for hydroxylation is 1. The van der Waals surface area contributed by atoms with Gasteiger partial charge in [0.25, 0.3) is 5.91 Å². The van der Waals surface area contributed by atoms with Crippen LogP contribution >= 0.6 is 0 Å². The minimum absolute atomic E-state index is 0.0200. The van der Waals surface area contributed by atoms with Gasteiger partial charge in [-0.15, -0.1) is 0 Å². The summed E-state index contributed by atoms with van der Waals surface area (Å²) < 4.78 is 29.1. The van der Waals surface area contributed by atoms with E-state index in [4.69, 9.17) is 4.84 Å². The van der Waals surface area contributed by atoms with Crippen molar-refractivity contribution in [2.75, 3.05) is 6.61 Å². The maximum absolute atomic E-state index is 12.3. The minimum Gasteiger partial charge on any atom is -0.434 e. The Morgan fingerprint density at radius 2 is 1.89 bits per heavy atom. The topological polar surface area (TPSA) is 59.9 Å². The molecule has 7 heteroatoms. The minimum atomic E-state index is -2.93. The SMILES string of the molecule is CCc1ccc(C(C)NC(=O)CO/N=C/c2ccccc2OC(F)F)cc1. The zero-order valence-electron chi connectivity index (χ0n) is 15.2. The van der Waals surface area contributed by atoms with Gasteiger partial charge < -0.3 is 14.9 Å². The molecule has 144 valence electrons. The number of ether oxygens (including phenoxy) is 1. The highest BCUT2D eigenvalue weighted by Gasteiger charge is 2.10. The van der Waals surface area contributed by atoms with Crippen LogP contribution in [-0.4, -0.2) is 25.3 Å². The molecule has 0 heterocycles. The Kier molecular flexibility index (Phi) is 7.73. The summed E-state index contributed by atoms with van der Waals surface area (Å²) in [7, 11) is 0. The number of benzene rings is 2. The molecule has 2 aromatic carbocycles. The molecule has 0 saturated heterocycles. The predicted octanol–water partition coefficient (Wildman–Crippen LogP) is 4.08. The summed E-state index contributed by atoms with van der Waals surface area (Å²) in [6.07, 6.45) is 2.18. The maximum atomic E-state index is 12.3. The summed E-state index contributed by atoms with van der Waals surface area (Å²) in [5.74, 6) is -0.357. The van der Waals surface area contributed by atoms with Crippen molar-refractivity contribution in [2.24, 2.45) is 5.16 Å². The second-order valence-electron chi connectivity index (χ2n) is 5.81. The van der Waals surface area contributed by atoms with Gasteiger partial charge in [0, 0.05) is 5.56 Å².